The third kappa shape index (κ3) is 2.75. The molecule has 0 radical (unpaired) electrons. The highest BCUT2D eigenvalue weighted by molar-refractivity contribution is 5.59. The summed E-state index contributed by atoms with van der Waals surface area (Å²) >= 11 is 0. The average Bonchev–Trinajstić information content (AvgIpc) is 2.70. The summed E-state index contributed by atoms with van der Waals surface area (Å²) in [5.74, 6) is 0.599. The van der Waals surface area contributed by atoms with Crippen molar-refractivity contribution in [1.82, 2.24) is 19.7 Å². The van der Waals surface area contributed by atoms with Crippen LogP contribution in [0.25, 0.3) is 11.4 Å². The van der Waals surface area contributed by atoms with Gasteiger partial charge in [-0.25, -0.2) is 4.98 Å². The van der Waals surface area contributed by atoms with Gasteiger partial charge in [0.1, 0.15) is 5.82 Å². The van der Waals surface area contributed by atoms with E-state index < -0.39 is 0 Å². The van der Waals surface area contributed by atoms with Gasteiger partial charge in [-0.3, -0.25) is 9.48 Å². The first kappa shape index (κ1) is 13.5. The molecule has 2 heterocycles. The highest BCUT2D eigenvalue weighted by Gasteiger charge is 2.24. The molecule has 2 aromatic heterocycles. The zero-order valence-corrected chi connectivity index (χ0v) is 12.1. The van der Waals surface area contributed by atoms with Crippen molar-refractivity contribution in [2.24, 2.45) is 7.05 Å². The van der Waals surface area contributed by atoms with Crippen molar-refractivity contribution in [3.63, 3.8) is 0 Å². The highest BCUT2D eigenvalue weighted by atomic mass is 16.1. The second kappa shape index (κ2) is 4.64. The molecule has 0 aliphatic carbocycles. The molecule has 0 aliphatic heterocycles. The monoisotopic (exact) mass is 260 g/mol. The second-order valence-corrected chi connectivity index (χ2v) is 5.75. The maximum Gasteiger partial charge on any atom is 0.251 e. The third-order valence-electron chi connectivity index (χ3n) is 2.95. The normalized spacial score (nSPS) is 11.8. The van der Waals surface area contributed by atoms with Crippen LogP contribution in [0.15, 0.2) is 17.1 Å². The van der Waals surface area contributed by atoms with Gasteiger partial charge in [-0.15, -0.1) is 0 Å². The van der Waals surface area contributed by atoms with Crippen molar-refractivity contribution in [2.75, 3.05) is 0 Å². The first-order valence-corrected chi connectivity index (χ1v) is 6.46. The molecule has 0 saturated heterocycles. The van der Waals surface area contributed by atoms with E-state index >= 15 is 0 Å². The van der Waals surface area contributed by atoms with Crippen LogP contribution in [0.2, 0.25) is 0 Å². The van der Waals surface area contributed by atoms with Crippen LogP contribution in [0.4, 0.5) is 0 Å². The van der Waals surface area contributed by atoms with Crippen LogP contribution in [-0.2, 0) is 18.9 Å². The molecule has 0 spiro atoms. The van der Waals surface area contributed by atoms with Gasteiger partial charge in [0, 0.05) is 30.4 Å². The molecule has 0 aliphatic rings. The quantitative estimate of drug-likeness (QED) is 0.898. The maximum atomic E-state index is 11.7. The Labute approximate surface area is 112 Å². The van der Waals surface area contributed by atoms with E-state index in [9.17, 15) is 4.79 Å². The molecule has 1 N–H and O–H groups in total. The summed E-state index contributed by atoms with van der Waals surface area (Å²) in [5, 5.41) is 4.50. The van der Waals surface area contributed by atoms with Crippen LogP contribution in [0.3, 0.4) is 0 Å². The Hall–Kier alpha value is -1.91. The number of rotatable bonds is 2. The standard InChI is InChI=1S/C14H20N4O/c1-6-9-7-11(19)16-13(15-9)10-8-18(5)17-12(10)14(2,3)4/h7-8H,6H2,1-5H3,(H,15,16,19). The van der Waals surface area contributed by atoms with Crippen molar-refractivity contribution >= 4 is 0 Å². The van der Waals surface area contributed by atoms with Gasteiger partial charge < -0.3 is 4.98 Å². The smallest absolute Gasteiger partial charge is 0.251 e. The van der Waals surface area contributed by atoms with E-state index in [1.807, 2.05) is 20.2 Å². The number of aromatic amines is 1. The van der Waals surface area contributed by atoms with E-state index in [-0.39, 0.29) is 11.0 Å². The van der Waals surface area contributed by atoms with Crippen LogP contribution in [-0.4, -0.2) is 19.7 Å². The summed E-state index contributed by atoms with van der Waals surface area (Å²) in [4.78, 5) is 19.0. The Morgan fingerprint density at radius 3 is 2.63 bits per heavy atom. The van der Waals surface area contributed by atoms with Gasteiger partial charge in [0.05, 0.1) is 11.3 Å². The van der Waals surface area contributed by atoms with E-state index in [0.717, 1.165) is 23.4 Å². The van der Waals surface area contributed by atoms with Crippen molar-refractivity contribution in [3.8, 4) is 11.4 Å². The number of aryl methyl sites for hydroxylation is 2. The summed E-state index contributed by atoms with van der Waals surface area (Å²) in [6, 6.07) is 1.54. The van der Waals surface area contributed by atoms with Crippen LogP contribution < -0.4 is 5.56 Å². The van der Waals surface area contributed by atoms with Gasteiger partial charge in [-0.2, -0.15) is 5.10 Å². The average molecular weight is 260 g/mol. The first-order chi connectivity index (χ1) is 8.81. The van der Waals surface area contributed by atoms with E-state index in [2.05, 4.69) is 35.8 Å². The topological polar surface area (TPSA) is 63.6 Å². The Morgan fingerprint density at radius 1 is 1.37 bits per heavy atom. The molecule has 102 valence electrons. The van der Waals surface area contributed by atoms with Crippen LogP contribution in [0, 0.1) is 0 Å². The second-order valence-electron chi connectivity index (χ2n) is 5.75. The molecule has 19 heavy (non-hydrogen) atoms. The van der Waals surface area contributed by atoms with Crippen molar-refractivity contribution in [2.45, 2.75) is 39.5 Å². The minimum absolute atomic E-state index is 0.0998. The molecule has 0 bridgehead atoms. The van der Waals surface area contributed by atoms with Crippen LogP contribution >= 0.6 is 0 Å². The number of hydrogen-bond acceptors (Lipinski definition) is 3. The predicted molar refractivity (Wildman–Crippen MR) is 75.1 cm³/mol. The zero-order valence-electron chi connectivity index (χ0n) is 12.1. The molecular weight excluding hydrogens is 240 g/mol. The van der Waals surface area contributed by atoms with Gasteiger partial charge in [0.2, 0.25) is 0 Å². The van der Waals surface area contributed by atoms with Gasteiger partial charge >= 0.3 is 0 Å². The first-order valence-electron chi connectivity index (χ1n) is 6.46. The molecule has 0 saturated carbocycles. The highest BCUT2D eigenvalue weighted by Crippen LogP contribution is 2.29. The minimum Gasteiger partial charge on any atom is -0.306 e. The van der Waals surface area contributed by atoms with E-state index in [1.54, 1.807) is 4.68 Å². The molecule has 0 fully saturated rings. The maximum absolute atomic E-state index is 11.7. The summed E-state index contributed by atoms with van der Waals surface area (Å²) < 4.78 is 1.76. The molecule has 0 atom stereocenters. The molecule has 0 aromatic carbocycles. The van der Waals surface area contributed by atoms with Gasteiger partial charge in [0.25, 0.3) is 5.56 Å². The summed E-state index contributed by atoms with van der Waals surface area (Å²) in [7, 11) is 1.88. The van der Waals surface area contributed by atoms with Gasteiger partial charge in [-0.05, 0) is 6.42 Å². The molecular formula is C14H20N4O. The van der Waals surface area contributed by atoms with Gasteiger partial charge in [0.15, 0.2) is 0 Å². The van der Waals surface area contributed by atoms with Crippen molar-refractivity contribution in [1.29, 1.82) is 0 Å². The fourth-order valence-corrected chi connectivity index (χ4v) is 2.03. The number of aromatic nitrogens is 4. The molecule has 2 rings (SSSR count). The lowest BCUT2D eigenvalue weighted by Gasteiger charge is -2.17. The Bertz CT molecular complexity index is 646. The fourth-order valence-electron chi connectivity index (χ4n) is 2.03. The predicted octanol–water partition coefficient (Wildman–Crippen LogP) is 2.03. The van der Waals surface area contributed by atoms with Crippen molar-refractivity contribution in [3.05, 3.63) is 34.0 Å². The molecule has 0 unspecified atom stereocenters. The van der Waals surface area contributed by atoms with Crippen LogP contribution in [0.1, 0.15) is 39.1 Å². The van der Waals surface area contributed by atoms with Crippen molar-refractivity contribution < 1.29 is 0 Å². The largest absolute Gasteiger partial charge is 0.306 e. The number of nitrogens with one attached hydrogen (secondary N) is 1. The summed E-state index contributed by atoms with van der Waals surface area (Å²) in [5.41, 5.74) is 2.40. The summed E-state index contributed by atoms with van der Waals surface area (Å²) in [6.45, 7) is 8.28. The Kier molecular flexibility index (Phi) is 3.30. The molecule has 5 nitrogen and oxygen atoms in total. The molecule has 0 amide bonds. The van der Waals surface area contributed by atoms with Gasteiger partial charge in [-0.1, -0.05) is 27.7 Å². The lowest BCUT2D eigenvalue weighted by Crippen LogP contribution is -2.16. The number of nitrogens with zero attached hydrogens (tertiary/aromatic N) is 3. The third-order valence-corrected chi connectivity index (χ3v) is 2.95. The lowest BCUT2D eigenvalue weighted by atomic mass is 9.89. The minimum atomic E-state index is -0.120. The SMILES string of the molecule is CCc1cc(=O)[nH]c(-c2cn(C)nc2C(C)(C)C)n1. The fraction of sp³-hybridized carbons (Fsp3) is 0.500. The number of hydrogen-bond donors (Lipinski definition) is 1. The molecule has 2 aromatic rings. The number of H-pyrrole nitrogens is 1. The van der Waals surface area contributed by atoms with E-state index in [1.165, 1.54) is 6.07 Å². The molecule has 5 heteroatoms. The Morgan fingerprint density at radius 2 is 2.05 bits per heavy atom. The zero-order chi connectivity index (χ0) is 14.2. The van der Waals surface area contributed by atoms with E-state index in [0.29, 0.717) is 5.82 Å². The van der Waals surface area contributed by atoms with E-state index in [4.69, 9.17) is 0 Å². The van der Waals surface area contributed by atoms with Crippen LogP contribution in [0.5, 0.6) is 0 Å². The Balaban J connectivity index is 2.65. The summed E-state index contributed by atoms with van der Waals surface area (Å²) in [6.07, 6.45) is 2.64. The lowest BCUT2D eigenvalue weighted by molar-refractivity contribution is 0.554.